The standard InChI is InChI=1S/C12H24N2/c13-7-6-11-3-1-2-8-14(9-11)10-12-4-5-12/h11-12H,1-10,13H2. The molecule has 0 bridgehead atoms. The van der Waals surface area contributed by atoms with E-state index in [1.54, 1.807) is 0 Å². The second kappa shape index (κ2) is 5.13. The van der Waals surface area contributed by atoms with Gasteiger partial charge in [0.2, 0.25) is 0 Å². The summed E-state index contributed by atoms with van der Waals surface area (Å²) in [6.07, 6.45) is 8.45. The van der Waals surface area contributed by atoms with Gasteiger partial charge in [-0.25, -0.2) is 0 Å². The van der Waals surface area contributed by atoms with Crippen molar-refractivity contribution >= 4 is 0 Å². The highest BCUT2D eigenvalue weighted by molar-refractivity contribution is 4.80. The summed E-state index contributed by atoms with van der Waals surface area (Å²) < 4.78 is 0. The summed E-state index contributed by atoms with van der Waals surface area (Å²) in [6, 6.07) is 0. The number of nitrogens with two attached hydrogens (primary N) is 1. The first-order valence-electron chi connectivity index (χ1n) is 6.31. The van der Waals surface area contributed by atoms with Crippen molar-refractivity contribution in [1.29, 1.82) is 0 Å². The Bertz CT molecular complexity index is 166. The van der Waals surface area contributed by atoms with Crippen LogP contribution < -0.4 is 5.73 Å². The Hall–Kier alpha value is -0.0800. The van der Waals surface area contributed by atoms with Gasteiger partial charge in [0.15, 0.2) is 0 Å². The van der Waals surface area contributed by atoms with E-state index in [0.29, 0.717) is 0 Å². The summed E-state index contributed by atoms with van der Waals surface area (Å²) in [7, 11) is 0. The monoisotopic (exact) mass is 196 g/mol. The van der Waals surface area contributed by atoms with Gasteiger partial charge in [0, 0.05) is 13.1 Å². The lowest BCUT2D eigenvalue weighted by molar-refractivity contribution is 0.235. The third kappa shape index (κ3) is 3.25. The topological polar surface area (TPSA) is 29.3 Å². The van der Waals surface area contributed by atoms with Crippen molar-refractivity contribution < 1.29 is 0 Å². The Kier molecular flexibility index (Phi) is 3.82. The fraction of sp³-hybridized carbons (Fsp3) is 1.00. The molecular formula is C12H24N2. The summed E-state index contributed by atoms with van der Waals surface area (Å²) in [5.41, 5.74) is 5.65. The first-order valence-corrected chi connectivity index (χ1v) is 6.31. The largest absolute Gasteiger partial charge is 0.330 e. The lowest BCUT2D eigenvalue weighted by Crippen LogP contribution is -2.31. The van der Waals surface area contributed by atoms with Crippen LogP contribution in [0.5, 0.6) is 0 Å². The molecule has 0 aromatic heterocycles. The molecule has 2 fully saturated rings. The highest BCUT2D eigenvalue weighted by Gasteiger charge is 2.26. The average molecular weight is 196 g/mol. The summed E-state index contributed by atoms with van der Waals surface area (Å²) in [4.78, 5) is 2.70. The molecule has 1 saturated heterocycles. The Morgan fingerprint density at radius 3 is 2.64 bits per heavy atom. The van der Waals surface area contributed by atoms with Gasteiger partial charge in [-0.05, 0) is 57.0 Å². The molecule has 0 spiro atoms. The lowest BCUT2D eigenvalue weighted by atomic mass is 10.00. The van der Waals surface area contributed by atoms with Crippen LogP contribution in [-0.4, -0.2) is 31.1 Å². The minimum atomic E-state index is 0.877. The summed E-state index contributed by atoms with van der Waals surface area (Å²) in [6.45, 7) is 4.92. The summed E-state index contributed by atoms with van der Waals surface area (Å²) in [5.74, 6) is 1.94. The molecule has 82 valence electrons. The quantitative estimate of drug-likeness (QED) is 0.743. The van der Waals surface area contributed by atoms with Crippen molar-refractivity contribution in [3.63, 3.8) is 0 Å². The maximum Gasteiger partial charge on any atom is 0.00102 e. The van der Waals surface area contributed by atoms with Gasteiger partial charge in [-0.3, -0.25) is 0 Å². The van der Waals surface area contributed by atoms with Gasteiger partial charge in [0.05, 0.1) is 0 Å². The van der Waals surface area contributed by atoms with E-state index in [4.69, 9.17) is 5.73 Å². The van der Waals surface area contributed by atoms with E-state index in [1.165, 1.54) is 58.2 Å². The summed E-state index contributed by atoms with van der Waals surface area (Å²) >= 11 is 0. The number of hydrogen-bond acceptors (Lipinski definition) is 2. The van der Waals surface area contributed by atoms with Gasteiger partial charge in [-0.15, -0.1) is 0 Å². The van der Waals surface area contributed by atoms with E-state index in [-0.39, 0.29) is 0 Å². The number of nitrogens with zero attached hydrogens (tertiary/aromatic N) is 1. The van der Waals surface area contributed by atoms with E-state index in [1.807, 2.05) is 0 Å². The predicted molar refractivity (Wildman–Crippen MR) is 60.2 cm³/mol. The zero-order chi connectivity index (χ0) is 9.80. The number of rotatable bonds is 4. The molecule has 1 aliphatic carbocycles. The van der Waals surface area contributed by atoms with Crippen molar-refractivity contribution in [3.05, 3.63) is 0 Å². The molecule has 1 aliphatic heterocycles. The molecule has 2 N–H and O–H groups in total. The van der Waals surface area contributed by atoms with Gasteiger partial charge in [0.1, 0.15) is 0 Å². The van der Waals surface area contributed by atoms with Gasteiger partial charge < -0.3 is 10.6 Å². The Morgan fingerprint density at radius 1 is 1.07 bits per heavy atom. The Balaban J connectivity index is 1.76. The normalized spacial score (nSPS) is 30.2. The molecule has 0 radical (unpaired) electrons. The molecule has 0 aromatic carbocycles. The third-order valence-corrected chi connectivity index (χ3v) is 3.64. The third-order valence-electron chi connectivity index (χ3n) is 3.64. The SMILES string of the molecule is NCCC1CCCCN(CC2CC2)C1. The van der Waals surface area contributed by atoms with E-state index < -0.39 is 0 Å². The molecule has 2 aliphatic rings. The van der Waals surface area contributed by atoms with Crippen LogP contribution in [0.3, 0.4) is 0 Å². The zero-order valence-corrected chi connectivity index (χ0v) is 9.25. The first-order chi connectivity index (χ1) is 6.88. The Morgan fingerprint density at radius 2 is 1.93 bits per heavy atom. The van der Waals surface area contributed by atoms with Gasteiger partial charge >= 0.3 is 0 Å². The molecule has 1 unspecified atom stereocenters. The van der Waals surface area contributed by atoms with Crippen LogP contribution in [0, 0.1) is 11.8 Å². The van der Waals surface area contributed by atoms with E-state index in [0.717, 1.165) is 18.4 Å². The molecule has 2 nitrogen and oxygen atoms in total. The predicted octanol–water partition coefficient (Wildman–Crippen LogP) is 1.85. The maximum atomic E-state index is 5.65. The lowest BCUT2D eigenvalue weighted by Gasteiger charge is -2.23. The second-order valence-corrected chi connectivity index (χ2v) is 5.14. The number of hydrogen-bond donors (Lipinski definition) is 1. The highest BCUT2D eigenvalue weighted by Crippen LogP contribution is 2.31. The Labute approximate surface area is 87.8 Å². The van der Waals surface area contributed by atoms with Gasteiger partial charge in [0.25, 0.3) is 0 Å². The zero-order valence-electron chi connectivity index (χ0n) is 9.25. The molecule has 0 amide bonds. The molecule has 14 heavy (non-hydrogen) atoms. The second-order valence-electron chi connectivity index (χ2n) is 5.14. The fourth-order valence-corrected chi connectivity index (χ4v) is 2.62. The highest BCUT2D eigenvalue weighted by atomic mass is 15.1. The smallest absolute Gasteiger partial charge is 0.00102 e. The van der Waals surface area contributed by atoms with Crippen molar-refractivity contribution in [1.82, 2.24) is 4.90 Å². The molecule has 1 heterocycles. The van der Waals surface area contributed by atoms with E-state index >= 15 is 0 Å². The van der Waals surface area contributed by atoms with Crippen molar-refractivity contribution in [3.8, 4) is 0 Å². The van der Waals surface area contributed by atoms with Crippen LogP contribution in [-0.2, 0) is 0 Å². The van der Waals surface area contributed by atoms with E-state index in [9.17, 15) is 0 Å². The van der Waals surface area contributed by atoms with Crippen molar-refractivity contribution in [2.24, 2.45) is 17.6 Å². The molecular weight excluding hydrogens is 172 g/mol. The van der Waals surface area contributed by atoms with Crippen LogP contribution in [0.15, 0.2) is 0 Å². The van der Waals surface area contributed by atoms with Gasteiger partial charge in [-0.1, -0.05) is 6.42 Å². The molecule has 2 heteroatoms. The fourth-order valence-electron chi connectivity index (χ4n) is 2.62. The van der Waals surface area contributed by atoms with Crippen molar-refractivity contribution in [2.75, 3.05) is 26.2 Å². The number of likely N-dealkylation sites (tertiary alicyclic amines) is 1. The van der Waals surface area contributed by atoms with E-state index in [2.05, 4.69) is 4.90 Å². The van der Waals surface area contributed by atoms with Crippen molar-refractivity contribution in [2.45, 2.75) is 38.5 Å². The van der Waals surface area contributed by atoms with Crippen LogP contribution in [0.25, 0.3) is 0 Å². The molecule has 0 aromatic rings. The van der Waals surface area contributed by atoms with Gasteiger partial charge in [-0.2, -0.15) is 0 Å². The van der Waals surface area contributed by atoms with Crippen LogP contribution >= 0.6 is 0 Å². The maximum absolute atomic E-state index is 5.65. The minimum absolute atomic E-state index is 0.877. The van der Waals surface area contributed by atoms with Crippen LogP contribution in [0.1, 0.15) is 38.5 Å². The minimum Gasteiger partial charge on any atom is -0.330 e. The first kappa shape index (κ1) is 10.4. The summed E-state index contributed by atoms with van der Waals surface area (Å²) in [5, 5.41) is 0. The molecule has 1 atom stereocenters. The van der Waals surface area contributed by atoms with Crippen LogP contribution in [0.4, 0.5) is 0 Å². The average Bonchev–Trinajstić information content (AvgIpc) is 2.96. The van der Waals surface area contributed by atoms with Crippen LogP contribution in [0.2, 0.25) is 0 Å². The molecule has 1 saturated carbocycles. The molecule has 2 rings (SSSR count).